The van der Waals surface area contributed by atoms with E-state index < -0.39 is 0 Å². The number of benzene rings is 2. The highest BCUT2D eigenvalue weighted by Crippen LogP contribution is 2.18. The van der Waals surface area contributed by atoms with Gasteiger partial charge in [-0.15, -0.1) is 0 Å². The molecule has 180 valence electrons. The summed E-state index contributed by atoms with van der Waals surface area (Å²) in [6.45, 7) is 7.69. The normalized spacial score (nSPS) is 10.8. The number of carbonyl (C=O) groups excluding carboxylic acids is 2. The number of nitrogens with one attached hydrogen (secondary N) is 1. The van der Waals surface area contributed by atoms with E-state index in [4.69, 9.17) is 4.42 Å². The number of furan rings is 1. The van der Waals surface area contributed by atoms with Crippen molar-refractivity contribution in [3.63, 3.8) is 0 Å². The monoisotopic (exact) mass is 461 g/mol. The van der Waals surface area contributed by atoms with Gasteiger partial charge in [-0.3, -0.25) is 4.79 Å². The molecule has 0 aliphatic rings. The third kappa shape index (κ3) is 7.51. The summed E-state index contributed by atoms with van der Waals surface area (Å²) in [5.41, 5.74) is 3.10. The van der Waals surface area contributed by atoms with Crippen molar-refractivity contribution in [1.82, 2.24) is 9.80 Å². The van der Waals surface area contributed by atoms with Gasteiger partial charge in [0.2, 0.25) is 5.91 Å². The van der Waals surface area contributed by atoms with Crippen LogP contribution in [0.2, 0.25) is 0 Å². The molecule has 1 N–H and O–H groups in total. The second-order valence-corrected chi connectivity index (χ2v) is 8.76. The van der Waals surface area contributed by atoms with Crippen molar-refractivity contribution in [2.45, 2.75) is 46.1 Å². The molecule has 34 heavy (non-hydrogen) atoms. The Bertz CT molecular complexity index is 1010. The van der Waals surface area contributed by atoms with Crippen LogP contribution in [0.25, 0.3) is 0 Å². The molecule has 6 nitrogen and oxygen atoms in total. The standard InChI is InChI=1S/C28H35N3O3/c1-4-17-31(28(33)29-25-14-12-24(13-15-25)22(2)3)21-27(32)30(20-26-11-8-19-34-26)18-16-23-9-6-5-7-10-23/h5-15,19,22H,4,16-18,20-21H2,1-3H3,(H,29,33). The van der Waals surface area contributed by atoms with E-state index in [0.717, 1.165) is 29.9 Å². The van der Waals surface area contributed by atoms with Gasteiger partial charge in [0, 0.05) is 18.8 Å². The quantitative estimate of drug-likeness (QED) is 0.386. The SMILES string of the molecule is CCCN(CC(=O)N(CCc1ccccc1)Cc1ccco1)C(=O)Nc1ccc(C(C)C)cc1. The Kier molecular flexibility index (Phi) is 9.32. The van der Waals surface area contributed by atoms with Gasteiger partial charge < -0.3 is 19.5 Å². The first kappa shape index (κ1) is 25.1. The average Bonchev–Trinajstić information content (AvgIpc) is 3.35. The molecule has 0 aliphatic heterocycles. The topological polar surface area (TPSA) is 65.8 Å². The minimum Gasteiger partial charge on any atom is -0.467 e. The van der Waals surface area contributed by atoms with Gasteiger partial charge in [-0.25, -0.2) is 4.79 Å². The van der Waals surface area contributed by atoms with E-state index >= 15 is 0 Å². The average molecular weight is 462 g/mol. The molecule has 0 aliphatic carbocycles. The highest BCUT2D eigenvalue weighted by molar-refractivity contribution is 5.92. The van der Waals surface area contributed by atoms with Crippen LogP contribution < -0.4 is 5.32 Å². The van der Waals surface area contributed by atoms with Crippen LogP contribution in [-0.2, 0) is 17.8 Å². The molecular weight excluding hydrogens is 426 g/mol. The Labute approximate surface area is 202 Å². The summed E-state index contributed by atoms with van der Waals surface area (Å²) in [5.74, 6) is 1.04. The number of hydrogen-bond donors (Lipinski definition) is 1. The molecule has 0 saturated carbocycles. The molecule has 6 heteroatoms. The molecule has 0 radical (unpaired) electrons. The smallest absolute Gasteiger partial charge is 0.322 e. The van der Waals surface area contributed by atoms with Gasteiger partial charge in [0.1, 0.15) is 12.3 Å². The van der Waals surface area contributed by atoms with Gasteiger partial charge in [-0.1, -0.05) is 63.2 Å². The van der Waals surface area contributed by atoms with Crippen molar-refractivity contribution in [2.75, 3.05) is 25.0 Å². The third-order valence-electron chi connectivity index (χ3n) is 5.73. The molecule has 1 aromatic heterocycles. The summed E-state index contributed by atoms with van der Waals surface area (Å²) >= 11 is 0. The minimum absolute atomic E-state index is 0.0131. The molecule has 1 heterocycles. The van der Waals surface area contributed by atoms with E-state index in [0.29, 0.717) is 25.6 Å². The molecule has 2 aromatic carbocycles. The molecule has 0 spiro atoms. The molecule has 3 rings (SSSR count). The number of nitrogens with zero attached hydrogens (tertiary/aromatic N) is 2. The van der Waals surface area contributed by atoms with E-state index in [1.165, 1.54) is 5.56 Å². The van der Waals surface area contributed by atoms with Gasteiger partial charge >= 0.3 is 6.03 Å². The number of rotatable bonds is 11. The summed E-state index contributed by atoms with van der Waals surface area (Å²) in [5, 5.41) is 2.94. The maximum atomic E-state index is 13.3. The van der Waals surface area contributed by atoms with Crippen LogP contribution in [0.5, 0.6) is 0 Å². The number of carbonyl (C=O) groups is 2. The predicted octanol–water partition coefficient (Wildman–Crippen LogP) is 5.92. The first-order chi connectivity index (χ1) is 16.5. The summed E-state index contributed by atoms with van der Waals surface area (Å²) in [6.07, 6.45) is 3.10. The lowest BCUT2D eigenvalue weighted by Gasteiger charge is -2.27. The van der Waals surface area contributed by atoms with Crippen molar-refractivity contribution in [3.8, 4) is 0 Å². The molecule has 3 amide bonds. The lowest BCUT2D eigenvalue weighted by atomic mass is 10.0. The zero-order valence-corrected chi connectivity index (χ0v) is 20.4. The minimum atomic E-state index is -0.270. The molecule has 0 unspecified atom stereocenters. The van der Waals surface area contributed by atoms with Crippen LogP contribution in [0.1, 0.15) is 50.0 Å². The Balaban J connectivity index is 1.66. The fourth-order valence-electron chi connectivity index (χ4n) is 3.73. The first-order valence-corrected chi connectivity index (χ1v) is 12.0. The number of amides is 3. The van der Waals surface area contributed by atoms with E-state index in [1.807, 2.05) is 61.5 Å². The Morgan fingerprint density at radius 2 is 1.65 bits per heavy atom. The van der Waals surface area contributed by atoms with Crippen LogP contribution in [0.3, 0.4) is 0 Å². The Morgan fingerprint density at radius 1 is 0.912 bits per heavy atom. The molecular formula is C28H35N3O3. The molecule has 0 fully saturated rings. The van der Waals surface area contributed by atoms with Crippen molar-refractivity contribution >= 4 is 17.6 Å². The number of urea groups is 1. The fraction of sp³-hybridized carbons (Fsp3) is 0.357. The zero-order valence-electron chi connectivity index (χ0n) is 20.4. The van der Waals surface area contributed by atoms with Crippen molar-refractivity contribution in [1.29, 1.82) is 0 Å². The second kappa shape index (κ2) is 12.6. The highest BCUT2D eigenvalue weighted by atomic mass is 16.3. The van der Waals surface area contributed by atoms with Gasteiger partial charge in [0.15, 0.2) is 0 Å². The van der Waals surface area contributed by atoms with Crippen LogP contribution >= 0.6 is 0 Å². The van der Waals surface area contributed by atoms with Crippen LogP contribution in [0, 0.1) is 0 Å². The fourth-order valence-corrected chi connectivity index (χ4v) is 3.73. The molecule has 3 aromatic rings. The predicted molar refractivity (Wildman–Crippen MR) is 136 cm³/mol. The van der Waals surface area contributed by atoms with Gasteiger partial charge in [0.25, 0.3) is 0 Å². The Morgan fingerprint density at radius 3 is 2.26 bits per heavy atom. The van der Waals surface area contributed by atoms with Crippen molar-refractivity contribution in [3.05, 3.63) is 89.9 Å². The molecule has 0 saturated heterocycles. The number of anilines is 1. The maximum Gasteiger partial charge on any atom is 0.322 e. The number of hydrogen-bond acceptors (Lipinski definition) is 3. The van der Waals surface area contributed by atoms with E-state index in [1.54, 1.807) is 16.1 Å². The van der Waals surface area contributed by atoms with Crippen LogP contribution in [-0.4, -0.2) is 41.4 Å². The van der Waals surface area contributed by atoms with Crippen LogP contribution in [0.15, 0.2) is 77.4 Å². The van der Waals surface area contributed by atoms with Crippen LogP contribution in [0.4, 0.5) is 10.5 Å². The lowest BCUT2D eigenvalue weighted by molar-refractivity contribution is -0.132. The third-order valence-corrected chi connectivity index (χ3v) is 5.73. The van der Waals surface area contributed by atoms with E-state index in [9.17, 15) is 9.59 Å². The maximum absolute atomic E-state index is 13.3. The van der Waals surface area contributed by atoms with Crippen molar-refractivity contribution in [2.24, 2.45) is 0 Å². The summed E-state index contributed by atoms with van der Waals surface area (Å²) < 4.78 is 5.48. The molecule has 0 bridgehead atoms. The summed E-state index contributed by atoms with van der Waals surface area (Å²) in [6, 6.07) is 21.3. The summed E-state index contributed by atoms with van der Waals surface area (Å²) in [7, 11) is 0. The lowest BCUT2D eigenvalue weighted by Crippen LogP contribution is -2.45. The van der Waals surface area contributed by atoms with Gasteiger partial charge in [-0.2, -0.15) is 0 Å². The molecule has 0 atom stereocenters. The second-order valence-electron chi connectivity index (χ2n) is 8.76. The van der Waals surface area contributed by atoms with Gasteiger partial charge in [0.05, 0.1) is 12.8 Å². The van der Waals surface area contributed by atoms with Gasteiger partial charge in [-0.05, 0) is 54.2 Å². The highest BCUT2D eigenvalue weighted by Gasteiger charge is 2.22. The summed E-state index contributed by atoms with van der Waals surface area (Å²) in [4.78, 5) is 29.7. The van der Waals surface area contributed by atoms with Crippen molar-refractivity contribution < 1.29 is 14.0 Å². The Hall–Kier alpha value is -3.54. The first-order valence-electron chi connectivity index (χ1n) is 12.0. The van der Waals surface area contributed by atoms with E-state index in [2.05, 4.69) is 31.3 Å². The van der Waals surface area contributed by atoms with E-state index in [-0.39, 0.29) is 18.5 Å². The zero-order chi connectivity index (χ0) is 24.3. The largest absolute Gasteiger partial charge is 0.467 e.